The first-order chi connectivity index (χ1) is 7.15. The Morgan fingerprint density at radius 1 is 1.60 bits per heavy atom. The topological polar surface area (TPSA) is 88.5 Å². The summed E-state index contributed by atoms with van der Waals surface area (Å²) in [6.07, 6.45) is 2.08. The summed E-state index contributed by atoms with van der Waals surface area (Å²) < 4.78 is 4.32. The first-order valence-electron chi connectivity index (χ1n) is 4.12. The van der Waals surface area contributed by atoms with Crippen molar-refractivity contribution in [1.29, 1.82) is 0 Å². The van der Waals surface area contributed by atoms with Crippen LogP contribution in [0.25, 0.3) is 0 Å². The van der Waals surface area contributed by atoms with Crippen molar-refractivity contribution in [3.63, 3.8) is 0 Å². The van der Waals surface area contributed by atoms with Crippen LogP contribution in [0, 0.1) is 0 Å². The molecule has 0 aliphatic rings. The Bertz CT molecular complexity index is 352. The average Bonchev–Trinajstić information content (AvgIpc) is 2.26. The highest BCUT2D eigenvalue weighted by atomic mass is 16.5. The largest absolute Gasteiger partial charge is 0.479 e. The lowest BCUT2D eigenvalue weighted by Gasteiger charge is -2.12. The molecule has 15 heavy (non-hydrogen) atoms. The van der Waals surface area contributed by atoms with E-state index in [4.69, 9.17) is 5.11 Å². The van der Waals surface area contributed by atoms with Crippen LogP contribution >= 0.6 is 0 Å². The van der Waals surface area contributed by atoms with Crippen LogP contribution in [0.5, 0.6) is 0 Å². The van der Waals surface area contributed by atoms with E-state index in [0.717, 1.165) is 7.11 Å². The molecule has 2 N–H and O–H groups in total. The predicted octanol–water partition coefficient (Wildman–Crippen LogP) is 0.563. The van der Waals surface area contributed by atoms with Gasteiger partial charge in [0.25, 0.3) is 0 Å². The van der Waals surface area contributed by atoms with Crippen LogP contribution in [0.1, 0.15) is 11.6 Å². The monoisotopic (exact) mass is 210 g/mol. The van der Waals surface area contributed by atoms with Gasteiger partial charge in [0.15, 0.2) is 6.04 Å². The van der Waals surface area contributed by atoms with E-state index in [1.807, 2.05) is 0 Å². The second-order valence-corrected chi connectivity index (χ2v) is 2.69. The van der Waals surface area contributed by atoms with Gasteiger partial charge in [0.2, 0.25) is 0 Å². The number of pyridine rings is 1. The van der Waals surface area contributed by atoms with E-state index in [2.05, 4.69) is 15.0 Å². The van der Waals surface area contributed by atoms with E-state index in [9.17, 15) is 9.59 Å². The molecule has 0 fully saturated rings. The molecule has 0 spiro atoms. The van der Waals surface area contributed by atoms with Crippen LogP contribution in [0.3, 0.4) is 0 Å². The van der Waals surface area contributed by atoms with Crippen LogP contribution in [-0.2, 0) is 9.53 Å². The molecule has 6 nitrogen and oxygen atoms in total. The van der Waals surface area contributed by atoms with Gasteiger partial charge in [-0.25, -0.2) is 9.59 Å². The number of carboxylic acid groups (broad SMARTS) is 1. The number of aromatic nitrogens is 1. The van der Waals surface area contributed by atoms with Gasteiger partial charge in [-0.05, 0) is 6.07 Å². The number of alkyl carbamates (subject to hydrolysis) is 1. The molecule has 1 amide bonds. The van der Waals surface area contributed by atoms with Crippen molar-refractivity contribution in [2.45, 2.75) is 6.04 Å². The predicted molar refractivity (Wildman–Crippen MR) is 50.2 cm³/mol. The van der Waals surface area contributed by atoms with Crippen LogP contribution in [-0.4, -0.2) is 29.3 Å². The molecule has 0 saturated carbocycles. The van der Waals surface area contributed by atoms with Crippen molar-refractivity contribution >= 4 is 12.1 Å². The number of nitrogens with zero attached hydrogens (tertiary/aromatic N) is 1. The summed E-state index contributed by atoms with van der Waals surface area (Å²) in [5.41, 5.74) is 0.385. The molecule has 0 aromatic carbocycles. The lowest BCUT2D eigenvalue weighted by atomic mass is 10.1. The first-order valence-corrected chi connectivity index (χ1v) is 4.12. The van der Waals surface area contributed by atoms with Gasteiger partial charge in [-0.1, -0.05) is 6.07 Å². The molecule has 80 valence electrons. The van der Waals surface area contributed by atoms with Gasteiger partial charge in [0.05, 0.1) is 7.11 Å². The highest BCUT2D eigenvalue weighted by molar-refractivity contribution is 5.81. The zero-order chi connectivity index (χ0) is 11.3. The zero-order valence-corrected chi connectivity index (χ0v) is 8.01. The quantitative estimate of drug-likeness (QED) is 0.761. The normalized spacial score (nSPS) is 11.5. The number of rotatable bonds is 3. The Hall–Kier alpha value is -2.11. The summed E-state index contributed by atoms with van der Waals surface area (Å²) in [6, 6.07) is 2.00. The molecule has 1 atom stereocenters. The van der Waals surface area contributed by atoms with E-state index in [-0.39, 0.29) is 0 Å². The van der Waals surface area contributed by atoms with Crippen LogP contribution in [0.4, 0.5) is 4.79 Å². The fourth-order valence-corrected chi connectivity index (χ4v) is 1.01. The number of aliphatic carboxylic acids is 1. The van der Waals surface area contributed by atoms with Crippen molar-refractivity contribution in [3.05, 3.63) is 30.1 Å². The second-order valence-electron chi connectivity index (χ2n) is 2.69. The minimum absolute atomic E-state index is 0.385. The number of hydrogen-bond donors (Lipinski definition) is 2. The maximum absolute atomic E-state index is 10.9. The van der Waals surface area contributed by atoms with Gasteiger partial charge in [-0.2, -0.15) is 0 Å². The van der Waals surface area contributed by atoms with Gasteiger partial charge in [-0.3, -0.25) is 4.98 Å². The summed E-state index contributed by atoms with van der Waals surface area (Å²) in [4.78, 5) is 25.5. The van der Waals surface area contributed by atoms with Gasteiger partial charge in [0.1, 0.15) is 0 Å². The number of hydrogen-bond acceptors (Lipinski definition) is 4. The van der Waals surface area contributed by atoms with Gasteiger partial charge in [0, 0.05) is 18.0 Å². The number of amides is 1. The molecule has 1 heterocycles. The summed E-state index contributed by atoms with van der Waals surface area (Å²) in [5.74, 6) is -1.17. The van der Waals surface area contributed by atoms with E-state index >= 15 is 0 Å². The summed E-state index contributed by atoms with van der Waals surface area (Å²) >= 11 is 0. The highest BCUT2D eigenvalue weighted by Crippen LogP contribution is 2.11. The van der Waals surface area contributed by atoms with Gasteiger partial charge >= 0.3 is 12.1 Å². The summed E-state index contributed by atoms with van der Waals surface area (Å²) in [7, 11) is 1.16. The van der Waals surface area contributed by atoms with Crippen molar-refractivity contribution in [2.24, 2.45) is 0 Å². The summed E-state index contributed by atoms with van der Waals surface area (Å²) in [5, 5.41) is 11.1. The fraction of sp³-hybridized carbons (Fsp3) is 0.222. The molecule has 0 aliphatic carbocycles. The smallest absolute Gasteiger partial charge is 0.407 e. The highest BCUT2D eigenvalue weighted by Gasteiger charge is 2.22. The number of nitrogens with one attached hydrogen (secondary N) is 1. The van der Waals surface area contributed by atoms with Crippen molar-refractivity contribution < 1.29 is 19.4 Å². The third kappa shape index (κ3) is 2.94. The van der Waals surface area contributed by atoms with Crippen LogP contribution in [0.2, 0.25) is 0 Å². The Kier molecular flexibility index (Phi) is 3.61. The van der Waals surface area contributed by atoms with E-state index in [0.29, 0.717) is 5.56 Å². The number of carboxylic acids is 1. The maximum atomic E-state index is 10.9. The third-order valence-electron chi connectivity index (χ3n) is 1.71. The number of ether oxygens (including phenoxy) is 1. The minimum atomic E-state index is -1.17. The maximum Gasteiger partial charge on any atom is 0.407 e. The summed E-state index contributed by atoms with van der Waals surface area (Å²) in [6.45, 7) is 0. The fourth-order valence-electron chi connectivity index (χ4n) is 1.01. The SMILES string of the molecule is COC(=O)NC(C(=O)O)c1cccnc1. The molecule has 0 saturated heterocycles. The molecule has 0 radical (unpaired) electrons. The number of carbonyl (C=O) groups excluding carboxylic acids is 1. The van der Waals surface area contributed by atoms with Crippen molar-refractivity contribution in [1.82, 2.24) is 10.3 Å². The van der Waals surface area contributed by atoms with E-state index < -0.39 is 18.1 Å². The van der Waals surface area contributed by atoms with E-state index in [1.165, 1.54) is 12.4 Å². The van der Waals surface area contributed by atoms with Crippen LogP contribution in [0.15, 0.2) is 24.5 Å². The molecule has 1 unspecified atom stereocenters. The Morgan fingerprint density at radius 3 is 2.80 bits per heavy atom. The van der Waals surface area contributed by atoms with Crippen molar-refractivity contribution in [2.75, 3.05) is 7.11 Å². The molecular weight excluding hydrogens is 200 g/mol. The Morgan fingerprint density at radius 2 is 2.33 bits per heavy atom. The third-order valence-corrected chi connectivity index (χ3v) is 1.71. The lowest BCUT2D eigenvalue weighted by molar-refractivity contribution is -0.139. The lowest BCUT2D eigenvalue weighted by Crippen LogP contribution is -2.33. The Balaban J connectivity index is 2.84. The molecule has 1 aromatic rings. The number of carbonyl (C=O) groups is 2. The molecule has 0 bridgehead atoms. The minimum Gasteiger partial charge on any atom is -0.479 e. The molecule has 6 heteroatoms. The zero-order valence-electron chi connectivity index (χ0n) is 8.01. The van der Waals surface area contributed by atoms with Gasteiger partial charge < -0.3 is 15.2 Å². The average molecular weight is 210 g/mol. The van der Waals surface area contributed by atoms with Gasteiger partial charge in [-0.15, -0.1) is 0 Å². The Labute approximate surface area is 85.9 Å². The molecule has 0 aliphatic heterocycles. The second kappa shape index (κ2) is 4.94. The number of methoxy groups -OCH3 is 1. The van der Waals surface area contributed by atoms with Crippen molar-refractivity contribution in [3.8, 4) is 0 Å². The standard InChI is InChI=1S/C9H10N2O4/c1-15-9(14)11-7(8(12)13)6-3-2-4-10-5-6/h2-5,7H,1H3,(H,11,14)(H,12,13). The first kappa shape index (κ1) is 11.0. The van der Waals surface area contributed by atoms with Crippen LogP contribution < -0.4 is 5.32 Å². The molecule has 1 rings (SSSR count). The molecule has 1 aromatic heterocycles. The van der Waals surface area contributed by atoms with E-state index in [1.54, 1.807) is 12.1 Å². The molecular formula is C9H10N2O4.